The molecule has 0 radical (unpaired) electrons. The van der Waals surface area contributed by atoms with Gasteiger partial charge in [0.25, 0.3) is 5.56 Å². The monoisotopic (exact) mass is 539 g/mol. The maximum Gasteiger partial charge on any atom is 0.328 e. The minimum atomic E-state index is -1.02. The summed E-state index contributed by atoms with van der Waals surface area (Å²) in [5, 5.41) is 15.3. The number of aryl methyl sites for hydroxylation is 1. The van der Waals surface area contributed by atoms with E-state index in [1.165, 1.54) is 0 Å². The third-order valence-electron chi connectivity index (χ3n) is 5.68. The van der Waals surface area contributed by atoms with Crippen molar-refractivity contribution in [2.24, 2.45) is 4.99 Å². The number of carbonyl (C=O) groups excluding carboxylic acids is 2. The highest BCUT2D eigenvalue weighted by Gasteiger charge is 2.33. The Morgan fingerprint density at radius 1 is 1.16 bits per heavy atom. The Morgan fingerprint density at radius 2 is 1.92 bits per heavy atom. The predicted molar refractivity (Wildman–Crippen MR) is 145 cm³/mol. The molecule has 1 aromatic heterocycles. The van der Waals surface area contributed by atoms with Gasteiger partial charge in [-0.1, -0.05) is 49.0 Å². The summed E-state index contributed by atoms with van der Waals surface area (Å²) < 4.78 is 0. The van der Waals surface area contributed by atoms with Crippen LogP contribution >= 0.6 is 23.5 Å². The minimum absolute atomic E-state index is 0.0840. The first-order valence-electron chi connectivity index (χ1n) is 11.4. The molecule has 0 aliphatic carbocycles. The Balaban J connectivity index is 1.58. The largest absolute Gasteiger partial charge is 0.494 e. The van der Waals surface area contributed by atoms with Gasteiger partial charge in [0.05, 0.1) is 0 Å². The van der Waals surface area contributed by atoms with Crippen molar-refractivity contribution in [3.63, 3.8) is 0 Å². The van der Waals surface area contributed by atoms with Crippen LogP contribution in [0.15, 0.2) is 68.0 Å². The van der Waals surface area contributed by atoms with Gasteiger partial charge in [-0.2, -0.15) is 0 Å². The predicted octanol–water partition coefficient (Wildman–Crippen LogP) is 2.76. The van der Waals surface area contributed by atoms with Crippen LogP contribution in [0.2, 0.25) is 0 Å². The third-order valence-corrected chi connectivity index (χ3v) is 7.50. The maximum absolute atomic E-state index is 12.6. The molecular weight excluding hydrogens is 514 g/mol. The first-order chi connectivity index (χ1) is 17.8. The van der Waals surface area contributed by atoms with E-state index in [0.29, 0.717) is 11.3 Å². The summed E-state index contributed by atoms with van der Waals surface area (Å²) in [5.41, 5.74) is 0.456. The number of benzene rings is 2. The number of nitrogens with zero attached hydrogens (tertiary/aromatic N) is 1. The molecule has 2 unspecified atom stereocenters. The van der Waals surface area contributed by atoms with E-state index in [9.17, 15) is 24.3 Å². The Kier molecular flexibility index (Phi) is 8.19. The molecule has 4 rings (SSSR count). The van der Waals surface area contributed by atoms with Gasteiger partial charge in [-0.3, -0.25) is 24.4 Å². The number of aliphatic imine (C=N–C) groups is 1. The lowest BCUT2D eigenvalue weighted by Crippen LogP contribution is -2.29. The van der Waals surface area contributed by atoms with Crippen LogP contribution < -0.4 is 21.9 Å². The van der Waals surface area contributed by atoms with Crippen molar-refractivity contribution in [2.45, 2.75) is 36.0 Å². The van der Waals surface area contributed by atoms with Crippen LogP contribution in [0.3, 0.4) is 0 Å². The third kappa shape index (κ3) is 6.33. The molecule has 2 atom stereocenters. The van der Waals surface area contributed by atoms with Crippen molar-refractivity contribution in [1.29, 1.82) is 0 Å². The number of hydrogen-bond donors (Lipinski definition) is 5. The Morgan fingerprint density at radius 3 is 2.59 bits per heavy atom. The van der Waals surface area contributed by atoms with Crippen LogP contribution in [0.25, 0.3) is 0 Å². The molecular formula is C25H25N5O5S2. The molecule has 2 amide bonds. The quantitative estimate of drug-likeness (QED) is 0.276. The Hall–Kier alpha value is -3.77. The van der Waals surface area contributed by atoms with Crippen LogP contribution in [-0.4, -0.2) is 43.6 Å². The Bertz CT molecular complexity index is 1470. The minimum Gasteiger partial charge on any atom is -0.494 e. The normalized spacial score (nSPS) is 17.0. The molecule has 0 bridgehead atoms. The van der Waals surface area contributed by atoms with Gasteiger partial charge < -0.3 is 15.7 Å². The molecule has 1 aliphatic heterocycles. The maximum atomic E-state index is 12.6. The van der Waals surface area contributed by atoms with Crippen molar-refractivity contribution in [3.05, 3.63) is 86.1 Å². The lowest BCUT2D eigenvalue weighted by atomic mass is 9.99. The molecule has 192 valence electrons. The van der Waals surface area contributed by atoms with Crippen molar-refractivity contribution < 1.29 is 14.7 Å². The van der Waals surface area contributed by atoms with Crippen LogP contribution in [-0.2, 0) is 16.0 Å². The first-order valence-corrected chi connectivity index (χ1v) is 13.5. The van der Waals surface area contributed by atoms with Crippen molar-refractivity contribution in [1.82, 2.24) is 15.3 Å². The number of aromatic amines is 2. The van der Waals surface area contributed by atoms with E-state index < -0.39 is 34.3 Å². The molecule has 3 aromatic rings. The lowest BCUT2D eigenvalue weighted by Gasteiger charge is -2.15. The zero-order chi connectivity index (χ0) is 26.5. The fourth-order valence-corrected chi connectivity index (χ4v) is 5.23. The first kappa shape index (κ1) is 26.3. The lowest BCUT2D eigenvalue weighted by molar-refractivity contribution is -0.122. The summed E-state index contributed by atoms with van der Waals surface area (Å²) in [6.07, 6.45) is 2.66. The fraction of sp³-hybridized carbons (Fsp3) is 0.240. The SMILES string of the molecule is CCc1ccc(C(N=C2NC(=O)C(CC(=O)Nc3cccc(SC)c3)S2)c2c(O)[nH]c(=O)[nH]c2=O)cc1. The molecule has 0 spiro atoms. The van der Waals surface area contributed by atoms with Crippen LogP contribution in [0.5, 0.6) is 5.88 Å². The number of rotatable bonds is 8. The summed E-state index contributed by atoms with van der Waals surface area (Å²) in [7, 11) is 0. The standard InChI is InChI=1S/C25H25N5O5S2/c1-3-13-7-9-14(10-8-13)20(19-22(33)28-24(35)29-23(19)34)27-25-30-21(32)17(37-25)12-18(31)26-15-5-4-6-16(11-15)36-2/h4-11,17,20H,3,12H2,1-2H3,(H,26,31)(H,27,30,32)(H3,28,29,33,34,35). The molecule has 1 aliphatic rings. The zero-order valence-electron chi connectivity index (χ0n) is 20.0. The van der Waals surface area contributed by atoms with E-state index in [-0.39, 0.29) is 23.1 Å². The number of amidine groups is 1. The second kappa shape index (κ2) is 11.5. The van der Waals surface area contributed by atoms with Crippen molar-refractivity contribution in [2.75, 3.05) is 11.6 Å². The molecule has 1 saturated heterocycles. The molecule has 0 saturated carbocycles. The molecule has 12 heteroatoms. The van der Waals surface area contributed by atoms with E-state index in [4.69, 9.17) is 0 Å². The number of thioether (sulfide) groups is 2. The van der Waals surface area contributed by atoms with Gasteiger partial charge in [0, 0.05) is 17.0 Å². The van der Waals surface area contributed by atoms with Gasteiger partial charge in [0.15, 0.2) is 5.17 Å². The number of hydrogen-bond acceptors (Lipinski definition) is 8. The Labute approximate surface area is 220 Å². The summed E-state index contributed by atoms with van der Waals surface area (Å²) >= 11 is 2.62. The highest BCUT2D eigenvalue weighted by molar-refractivity contribution is 8.15. The van der Waals surface area contributed by atoms with Gasteiger partial charge in [0.2, 0.25) is 17.7 Å². The molecule has 10 nitrogen and oxygen atoms in total. The van der Waals surface area contributed by atoms with E-state index in [1.807, 2.05) is 43.5 Å². The average Bonchev–Trinajstić information content (AvgIpc) is 3.21. The van der Waals surface area contributed by atoms with E-state index in [0.717, 1.165) is 28.6 Å². The zero-order valence-corrected chi connectivity index (χ0v) is 21.7. The van der Waals surface area contributed by atoms with Crippen LogP contribution in [0.1, 0.15) is 36.1 Å². The number of nitrogens with one attached hydrogen (secondary N) is 4. The number of amides is 2. The molecule has 2 aromatic carbocycles. The highest BCUT2D eigenvalue weighted by atomic mass is 32.2. The van der Waals surface area contributed by atoms with Gasteiger partial charge in [-0.25, -0.2) is 9.79 Å². The number of aromatic hydroxyl groups is 1. The summed E-state index contributed by atoms with van der Waals surface area (Å²) in [4.78, 5) is 59.3. The van der Waals surface area contributed by atoms with E-state index in [2.05, 4.69) is 25.6 Å². The number of anilines is 1. The van der Waals surface area contributed by atoms with Gasteiger partial charge in [-0.05, 0) is 42.0 Å². The molecule has 37 heavy (non-hydrogen) atoms. The van der Waals surface area contributed by atoms with Gasteiger partial charge >= 0.3 is 5.69 Å². The topological polar surface area (TPSA) is 157 Å². The number of aromatic nitrogens is 2. The summed E-state index contributed by atoms with van der Waals surface area (Å²) in [5.74, 6) is -1.33. The van der Waals surface area contributed by atoms with Crippen LogP contribution in [0.4, 0.5) is 5.69 Å². The van der Waals surface area contributed by atoms with Crippen molar-refractivity contribution in [3.8, 4) is 5.88 Å². The van der Waals surface area contributed by atoms with Crippen molar-refractivity contribution >= 4 is 46.2 Å². The summed E-state index contributed by atoms with van der Waals surface area (Å²) in [6.45, 7) is 2.01. The van der Waals surface area contributed by atoms with E-state index >= 15 is 0 Å². The van der Waals surface area contributed by atoms with E-state index in [1.54, 1.807) is 30.0 Å². The second-order valence-electron chi connectivity index (χ2n) is 8.18. The molecule has 1 fully saturated rings. The second-order valence-corrected chi connectivity index (χ2v) is 10.3. The fourth-order valence-electron chi connectivity index (χ4n) is 3.78. The number of carbonyl (C=O) groups is 2. The van der Waals surface area contributed by atoms with Gasteiger partial charge in [0.1, 0.15) is 16.9 Å². The smallest absolute Gasteiger partial charge is 0.328 e. The average molecular weight is 540 g/mol. The molecule has 2 heterocycles. The number of H-pyrrole nitrogens is 2. The highest BCUT2D eigenvalue weighted by Crippen LogP contribution is 2.32. The summed E-state index contributed by atoms with van der Waals surface area (Å²) in [6, 6.07) is 13.7. The van der Waals surface area contributed by atoms with Gasteiger partial charge in [-0.15, -0.1) is 11.8 Å². The molecule has 5 N–H and O–H groups in total. The van der Waals surface area contributed by atoms with Crippen LogP contribution in [0, 0.1) is 0 Å².